The summed E-state index contributed by atoms with van der Waals surface area (Å²) in [6.07, 6.45) is 2.91. The van der Waals surface area contributed by atoms with Crippen molar-refractivity contribution in [1.82, 2.24) is 15.0 Å². The van der Waals surface area contributed by atoms with Crippen LogP contribution in [0.5, 0.6) is 5.75 Å². The summed E-state index contributed by atoms with van der Waals surface area (Å²) in [5, 5.41) is 4.01. The Morgan fingerprint density at radius 1 is 1.27 bits per heavy atom. The minimum Gasteiger partial charge on any atom is -0.484 e. The Morgan fingerprint density at radius 2 is 2.00 bits per heavy atom. The van der Waals surface area contributed by atoms with Crippen LogP contribution in [-0.2, 0) is 11.2 Å². The minimum atomic E-state index is -0.0571. The van der Waals surface area contributed by atoms with E-state index in [9.17, 15) is 4.79 Å². The lowest BCUT2D eigenvalue weighted by Gasteiger charge is -2.21. The van der Waals surface area contributed by atoms with Crippen molar-refractivity contribution in [3.63, 3.8) is 0 Å². The van der Waals surface area contributed by atoms with Gasteiger partial charge >= 0.3 is 0 Å². The molecule has 6 heteroatoms. The van der Waals surface area contributed by atoms with E-state index in [2.05, 4.69) is 23.6 Å². The molecule has 2 rings (SSSR count). The molecule has 140 valence electrons. The Bertz CT molecular complexity index is 722. The second kappa shape index (κ2) is 9.75. The van der Waals surface area contributed by atoms with Gasteiger partial charge in [-0.25, -0.2) is 0 Å². The first-order valence-electron chi connectivity index (χ1n) is 9.01. The second-order valence-corrected chi connectivity index (χ2v) is 6.29. The third-order valence-electron chi connectivity index (χ3n) is 3.88. The highest BCUT2D eigenvalue weighted by Crippen LogP contribution is 2.20. The van der Waals surface area contributed by atoms with Gasteiger partial charge in [0.2, 0.25) is 11.7 Å². The summed E-state index contributed by atoms with van der Waals surface area (Å²) >= 11 is 0. The fraction of sp³-hybridized carbons (Fsp3) is 0.450. The first-order valence-corrected chi connectivity index (χ1v) is 9.01. The smallest absolute Gasteiger partial charge is 0.260 e. The van der Waals surface area contributed by atoms with Crippen molar-refractivity contribution in [2.45, 2.75) is 40.0 Å². The topological polar surface area (TPSA) is 68.5 Å². The summed E-state index contributed by atoms with van der Waals surface area (Å²) in [5.41, 5.74) is 1.80. The number of likely N-dealkylation sites (N-methyl/N-ethyl adjacent to an activating group) is 1. The van der Waals surface area contributed by atoms with Crippen LogP contribution in [0.15, 0.2) is 40.9 Å². The summed E-state index contributed by atoms with van der Waals surface area (Å²) in [6.45, 7) is 11.0. The molecule has 0 atom stereocenters. The highest BCUT2D eigenvalue weighted by Gasteiger charge is 2.13. The Kier molecular flexibility index (Phi) is 7.38. The molecule has 0 saturated carbocycles. The summed E-state index contributed by atoms with van der Waals surface area (Å²) in [6, 6.07) is 7.33. The molecule has 26 heavy (non-hydrogen) atoms. The predicted octanol–water partition coefficient (Wildman–Crippen LogP) is 3.88. The Morgan fingerprint density at radius 3 is 2.62 bits per heavy atom. The Balaban J connectivity index is 1.91. The number of nitrogens with zero attached hydrogens (tertiary/aromatic N) is 3. The van der Waals surface area contributed by atoms with Crippen LogP contribution in [0.1, 0.15) is 39.5 Å². The first-order chi connectivity index (χ1) is 12.5. The zero-order valence-electron chi connectivity index (χ0n) is 15.8. The van der Waals surface area contributed by atoms with Crippen molar-refractivity contribution in [2.75, 3.05) is 19.7 Å². The van der Waals surface area contributed by atoms with Crippen molar-refractivity contribution in [3.8, 4) is 17.1 Å². The zero-order valence-corrected chi connectivity index (χ0v) is 15.8. The lowest BCUT2D eigenvalue weighted by atomic mass is 10.2. The van der Waals surface area contributed by atoms with Crippen LogP contribution >= 0.6 is 0 Å². The molecule has 0 aliphatic carbocycles. The summed E-state index contributed by atoms with van der Waals surface area (Å²) in [7, 11) is 0. The number of unbranched alkanes of at least 4 members (excludes halogenated alkanes) is 1. The normalized spacial score (nSPS) is 10.6. The number of ether oxygens (including phenoxy) is 1. The number of amides is 1. The molecule has 1 aromatic carbocycles. The van der Waals surface area contributed by atoms with Crippen LogP contribution < -0.4 is 4.74 Å². The predicted molar refractivity (Wildman–Crippen MR) is 101 cm³/mol. The monoisotopic (exact) mass is 357 g/mol. The van der Waals surface area contributed by atoms with Gasteiger partial charge in [0.25, 0.3) is 5.91 Å². The molecule has 0 bridgehead atoms. The van der Waals surface area contributed by atoms with E-state index < -0.39 is 0 Å². The van der Waals surface area contributed by atoms with E-state index in [1.807, 2.05) is 26.0 Å². The van der Waals surface area contributed by atoms with Gasteiger partial charge in [0.05, 0.1) is 0 Å². The van der Waals surface area contributed by atoms with Crippen LogP contribution in [0.25, 0.3) is 11.4 Å². The molecule has 1 aromatic heterocycles. The number of rotatable bonds is 10. The highest BCUT2D eigenvalue weighted by molar-refractivity contribution is 5.78. The third-order valence-corrected chi connectivity index (χ3v) is 3.88. The van der Waals surface area contributed by atoms with Crippen molar-refractivity contribution in [2.24, 2.45) is 0 Å². The van der Waals surface area contributed by atoms with E-state index in [-0.39, 0.29) is 12.5 Å². The Labute approximate surface area is 154 Å². The van der Waals surface area contributed by atoms with Crippen molar-refractivity contribution in [1.29, 1.82) is 0 Å². The zero-order chi connectivity index (χ0) is 18.9. The van der Waals surface area contributed by atoms with Gasteiger partial charge in [0, 0.05) is 25.1 Å². The van der Waals surface area contributed by atoms with E-state index >= 15 is 0 Å². The van der Waals surface area contributed by atoms with Gasteiger partial charge in [-0.1, -0.05) is 30.7 Å². The number of aryl methyl sites for hydroxylation is 1. The van der Waals surface area contributed by atoms with E-state index in [0.717, 1.165) is 30.4 Å². The van der Waals surface area contributed by atoms with Crippen molar-refractivity contribution < 1.29 is 14.1 Å². The standard InChI is InChI=1S/C20H27N3O3/c1-5-7-8-18-21-20(22-26-18)16-9-11-17(12-10-16)25-14-19(24)23(6-2)13-15(3)4/h9-12H,3,5-8,13-14H2,1-2,4H3. The number of benzene rings is 1. The maximum absolute atomic E-state index is 12.2. The SMILES string of the molecule is C=C(C)CN(CC)C(=O)COc1ccc(-c2noc(CCCC)n2)cc1. The highest BCUT2D eigenvalue weighted by atomic mass is 16.5. The van der Waals surface area contributed by atoms with E-state index in [1.54, 1.807) is 17.0 Å². The average Bonchev–Trinajstić information content (AvgIpc) is 3.11. The molecule has 6 nitrogen and oxygen atoms in total. The number of hydrogen-bond donors (Lipinski definition) is 0. The van der Waals surface area contributed by atoms with Gasteiger partial charge in [-0.3, -0.25) is 4.79 Å². The largest absolute Gasteiger partial charge is 0.484 e. The number of aromatic nitrogens is 2. The average molecular weight is 357 g/mol. The molecule has 0 unspecified atom stereocenters. The first kappa shape index (κ1) is 19.7. The Hall–Kier alpha value is -2.63. The van der Waals surface area contributed by atoms with Crippen molar-refractivity contribution in [3.05, 3.63) is 42.3 Å². The van der Waals surface area contributed by atoms with E-state index in [1.165, 1.54) is 0 Å². The van der Waals surface area contributed by atoms with Gasteiger partial charge < -0.3 is 14.2 Å². The number of carbonyl (C=O) groups is 1. The molecule has 0 fully saturated rings. The van der Waals surface area contributed by atoms with E-state index in [4.69, 9.17) is 9.26 Å². The molecule has 2 aromatic rings. The maximum Gasteiger partial charge on any atom is 0.260 e. The van der Waals surface area contributed by atoms with Gasteiger partial charge in [0.1, 0.15) is 5.75 Å². The molecule has 1 heterocycles. The fourth-order valence-electron chi connectivity index (χ4n) is 2.44. The van der Waals surface area contributed by atoms with Crippen LogP contribution in [-0.4, -0.2) is 40.6 Å². The molecular weight excluding hydrogens is 330 g/mol. The van der Waals surface area contributed by atoms with Crippen LogP contribution in [0.2, 0.25) is 0 Å². The molecular formula is C20H27N3O3. The van der Waals surface area contributed by atoms with Crippen molar-refractivity contribution >= 4 is 5.91 Å². The maximum atomic E-state index is 12.2. The van der Waals surface area contributed by atoms with Gasteiger partial charge in [-0.15, -0.1) is 0 Å². The summed E-state index contributed by atoms with van der Waals surface area (Å²) in [5.74, 6) is 1.80. The van der Waals surface area contributed by atoms with Crippen LogP contribution in [0.3, 0.4) is 0 Å². The quantitative estimate of drug-likeness (QED) is 0.604. The lowest BCUT2D eigenvalue weighted by molar-refractivity contribution is -0.132. The van der Waals surface area contributed by atoms with Crippen LogP contribution in [0, 0.1) is 0 Å². The summed E-state index contributed by atoms with van der Waals surface area (Å²) < 4.78 is 10.8. The number of hydrogen-bond acceptors (Lipinski definition) is 5. The van der Waals surface area contributed by atoms with E-state index in [0.29, 0.717) is 30.6 Å². The van der Waals surface area contributed by atoms with Gasteiger partial charge in [-0.2, -0.15) is 4.98 Å². The second-order valence-electron chi connectivity index (χ2n) is 6.29. The molecule has 0 aliphatic rings. The number of carbonyl (C=O) groups excluding carboxylic acids is 1. The molecule has 0 saturated heterocycles. The summed E-state index contributed by atoms with van der Waals surface area (Å²) in [4.78, 5) is 18.3. The molecule has 0 radical (unpaired) electrons. The minimum absolute atomic E-state index is 0.00381. The molecule has 0 N–H and O–H groups in total. The molecule has 1 amide bonds. The lowest BCUT2D eigenvalue weighted by Crippen LogP contribution is -2.35. The van der Waals surface area contributed by atoms with Gasteiger partial charge in [-0.05, 0) is 44.5 Å². The van der Waals surface area contributed by atoms with Crippen LogP contribution in [0.4, 0.5) is 0 Å². The molecule has 0 spiro atoms. The fourth-order valence-corrected chi connectivity index (χ4v) is 2.44. The third kappa shape index (κ3) is 5.72. The molecule has 0 aliphatic heterocycles. The van der Waals surface area contributed by atoms with Gasteiger partial charge in [0.15, 0.2) is 6.61 Å².